The molecular formula is C11H15NO2. The Kier molecular flexibility index (Phi) is 4.13. The van der Waals surface area contributed by atoms with Crippen LogP contribution in [0.1, 0.15) is 29.3 Å². The maximum Gasteiger partial charge on any atom is 0.251 e. The fourth-order valence-corrected chi connectivity index (χ4v) is 1.10. The first kappa shape index (κ1) is 10.7. The number of hydrogen-bond acceptors (Lipinski definition) is 2. The van der Waals surface area contributed by atoms with Gasteiger partial charge in [-0.1, -0.05) is 19.1 Å². The number of benzene rings is 1. The van der Waals surface area contributed by atoms with Crippen molar-refractivity contribution in [2.75, 3.05) is 6.54 Å². The lowest BCUT2D eigenvalue weighted by molar-refractivity contribution is 0.0953. The Morgan fingerprint density at radius 1 is 1.36 bits per heavy atom. The third-order valence-corrected chi connectivity index (χ3v) is 1.93. The molecule has 0 bridgehead atoms. The second-order valence-electron chi connectivity index (χ2n) is 3.11. The normalized spacial score (nSPS) is 9.86. The molecule has 0 aliphatic rings. The van der Waals surface area contributed by atoms with Gasteiger partial charge in [-0.25, -0.2) is 0 Å². The molecule has 0 heterocycles. The Morgan fingerprint density at radius 3 is 2.50 bits per heavy atom. The Labute approximate surface area is 83.8 Å². The number of amides is 1. The van der Waals surface area contributed by atoms with Gasteiger partial charge in [-0.15, -0.1) is 0 Å². The molecule has 0 aromatic heterocycles. The van der Waals surface area contributed by atoms with E-state index in [-0.39, 0.29) is 12.5 Å². The van der Waals surface area contributed by atoms with Crippen LogP contribution in [-0.2, 0) is 6.61 Å². The minimum Gasteiger partial charge on any atom is -0.392 e. The summed E-state index contributed by atoms with van der Waals surface area (Å²) < 4.78 is 0. The van der Waals surface area contributed by atoms with Crippen molar-refractivity contribution >= 4 is 5.91 Å². The van der Waals surface area contributed by atoms with Crippen LogP contribution in [0.25, 0.3) is 0 Å². The van der Waals surface area contributed by atoms with E-state index in [1.165, 1.54) is 0 Å². The van der Waals surface area contributed by atoms with E-state index in [9.17, 15) is 4.79 Å². The van der Waals surface area contributed by atoms with Gasteiger partial charge >= 0.3 is 0 Å². The largest absolute Gasteiger partial charge is 0.392 e. The van der Waals surface area contributed by atoms with Crippen molar-refractivity contribution in [1.29, 1.82) is 0 Å². The second kappa shape index (κ2) is 5.40. The van der Waals surface area contributed by atoms with Crippen LogP contribution in [0.15, 0.2) is 24.3 Å². The average molecular weight is 193 g/mol. The Morgan fingerprint density at radius 2 is 2.00 bits per heavy atom. The van der Waals surface area contributed by atoms with E-state index in [0.29, 0.717) is 12.1 Å². The standard InChI is InChI=1S/C11H15NO2/c1-2-7-12-11(14)10-5-3-9(8-13)4-6-10/h3-6,13H,2,7-8H2,1H3,(H,12,14). The highest BCUT2D eigenvalue weighted by molar-refractivity contribution is 5.94. The summed E-state index contributed by atoms with van der Waals surface area (Å²) in [4.78, 5) is 11.4. The molecule has 2 N–H and O–H groups in total. The van der Waals surface area contributed by atoms with Crippen LogP contribution < -0.4 is 5.32 Å². The fourth-order valence-electron chi connectivity index (χ4n) is 1.10. The van der Waals surface area contributed by atoms with Crippen LogP contribution in [0, 0.1) is 0 Å². The highest BCUT2D eigenvalue weighted by Gasteiger charge is 2.02. The summed E-state index contributed by atoms with van der Waals surface area (Å²) in [7, 11) is 0. The summed E-state index contributed by atoms with van der Waals surface area (Å²) in [6, 6.07) is 6.94. The molecule has 0 fully saturated rings. The molecule has 3 heteroatoms. The highest BCUT2D eigenvalue weighted by Crippen LogP contribution is 2.03. The molecule has 0 saturated heterocycles. The lowest BCUT2D eigenvalue weighted by Gasteiger charge is -2.03. The first-order valence-corrected chi connectivity index (χ1v) is 4.76. The summed E-state index contributed by atoms with van der Waals surface area (Å²) in [6.45, 7) is 2.71. The van der Waals surface area contributed by atoms with Gasteiger partial charge in [0, 0.05) is 12.1 Å². The first-order valence-electron chi connectivity index (χ1n) is 4.76. The minimum atomic E-state index is -0.0589. The predicted octanol–water partition coefficient (Wildman–Crippen LogP) is 1.32. The van der Waals surface area contributed by atoms with Crippen LogP contribution in [0.4, 0.5) is 0 Å². The van der Waals surface area contributed by atoms with Gasteiger partial charge < -0.3 is 10.4 Å². The molecule has 0 unspecified atom stereocenters. The van der Waals surface area contributed by atoms with Crippen molar-refractivity contribution < 1.29 is 9.90 Å². The van der Waals surface area contributed by atoms with E-state index in [4.69, 9.17) is 5.11 Å². The molecule has 0 aliphatic heterocycles. The van der Waals surface area contributed by atoms with Crippen LogP contribution in [-0.4, -0.2) is 17.6 Å². The van der Waals surface area contributed by atoms with Gasteiger partial charge in [0.2, 0.25) is 0 Å². The van der Waals surface area contributed by atoms with E-state index >= 15 is 0 Å². The summed E-state index contributed by atoms with van der Waals surface area (Å²) in [6.07, 6.45) is 0.931. The summed E-state index contributed by atoms with van der Waals surface area (Å²) in [5.74, 6) is -0.0589. The van der Waals surface area contributed by atoms with Gasteiger partial charge in [-0.3, -0.25) is 4.79 Å². The van der Waals surface area contributed by atoms with E-state index in [0.717, 1.165) is 12.0 Å². The van der Waals surface area contributed by atoms with Gasteiger partial charge in [0.25, 0.3) is 5.91 Å². The number of carbonyl (C=O) groups is 1. The van der Waals surface area contributed by atoms with Crippen LogP contribution >= 0.6 is 0 Å². The molecule has 0 radical (unpaired) electrons. The molecule has 76 valence electrons. The fraction of sp³-hybridized carbons (Fsp3) is 0.364. The van der Waals surface area contributed by atoms with Crippen LogP contribution in [0.3, 0.4) is 0 Å². The molecule has 1 aromatic rings. The summed E-state index contributed by atoms with van der Waals surface area (Å²) in [5, 5.41) is 11.6. The molecule has 1 aromatic carbocycles. The average Bonchev–Trinajstić information content (AvgIpc) is 2.26. The molecule has 0 aliphatic carbocycles. The van der Waals surface area contributed by atoms with Crippen molar-refractivity contribution in [1.82, 2.24) is 5.32 Å². The smallest absolute Gasteiger partial charge is 0.251 e. The van der Waals surface area contributed by atoms with Gasteiger partial charge in [-0.05, 0) is 24.1 Å². The van der Waals surface area contributed by atoms with E-state index in [1.54, 1.807) is 24.3 Å². The molecule has 3 nitrogen and oxygen atoms in total. The van der Waals surface area contributed by atoms with Gasteiger partial charge in [0.1, 0.15) is 0 Å². The zero-order valence-corrected chi connectivity index (χ0v) is 8.29. The Hall–Kier alpha value is -1.35. The quantitative estimate of drug-likeness (QED) is 0.757. The van der Waals surface area contributed by atoms with Gasteiger partial charge in [-0.2, -0.15) is 0 Å². The molecular weight excluding hydrogens is 178 g/mol. The number of aliphatic hydroxyl groups excluding tert-OH is 1. The zero-order chi connectivity index (χ0) is 10.4. The molecule has 1 amide bonds. The number of carbonyl (C=O) groups excluding carboxylic acids is 1. The van der Waals surface area contributed by atoms with Gasteiger partial charge in [0.15, 0.2) is 0 Å². The number of aliphatic hydroxyl groups is 1. The van der Waals surface area contributed by atoms with E-state index in [2.05, 4.69) is 5.32 Å². The Bertz CT molecular complexity index is 293. The lowest BCUT2D eigenvalue weighted by Crippen LogP contribution is -2.23. The maximum atomic E-state index is 11.4. The molecule has 0 spiro atoms. The van der Waals surface area contributed by atoms with Crippen molar-refractivity contribution in [2.24, 2.45) is 0 Å². The molecule has 0 atom stereocenters. The molecule has 14 heavy (non-hydrogen) atoms. The SMILES string of the molecule is CCCNC(=O)c1ccc(CO)cc1. The van der Waals surface area contributed by atoms with Crippen molar-refractivity contribution in [2.45, 2.75) is 20.0 Å². The van der Waals surface area contributed by atoms with Crippen molar-refractivity contribution in [3.63, 3.8) is 0 Å². The number of rotatable bonds is 4. The topological polar surface area (TPSA) is 49.3 Å². The number of hydrogen-bond donors (Lipinski definition) is 2. The van der Waals surface area contributed by atoms with E-state index < -0.39 is 0 Å². The maximum absolute atomic E-state index is 11.4. The Balaban J connectivity index is 2.62. The molecule has 0 saturated carbocycles. The van der Waals surface area contributed by atoms with Crippen molar-refractivity contribution in [3.8, 4) is 0 Å². The van der Waals surface area contributed by atoms with Crippen LogP contribution in [0.5, 0.6) is 0 Å². The van der Waals surface area contributed by atoms with E-state index in [1.807, 2.05) is 6.92 Å². The predicted molar refractivity (Wildman–Crippen MR) is 55.0 cm³/mol. The second-order valence-corrected chi connectivity index (χ2v) is 3.11. The minimum absolute atomic E-state index is 0.0108. The third kappa shape index (κ3) is 2.85. The summed E-state index contributed by atoms with van der Waals surface area (Å²) in [5.41, 5.74) is 1.45. The lowest BCUT2D eigenvalue weighted by atomic mass is 10.1. The number of nitrogens with one attached hydrogen (secondary N) is 1. The summed E-state index contributed by atoms with van der Waals surface area (Å²) >= 11 is 0. The first-order chi connectivity index (χ1) is 6.77. The zero-order valence-electron chi connectivity index (χ0n) is 8.29. The molecule has 1 rings (SSSR count). The van der Waals surface area contributed by atoms with Crippen molar-refractivity contribution in [3.05, 3.63) is 35.4 Å². The third-order valence-electron chi connectivity index (χ3n) is 1.93. The monoisotopic (exact) mass is 193 g/mol. The van der Waals surface area contributed by atoms with Crippen LogP contribution in [0.2, 0.25) is 0 Å². The highest BCUT2D eigenvalue weighted by atomic mass is 16.3. The van der Waals surface area contributed by atoms with Gasteiger partial charge in [0.05, 0.1) is 6.61 Å².